The van der Waals surface area contributed by atoms with Crippen LogP contribution in [-0.4, -0.2) is 50.3 Å². The van der Waals surface area contributed by atoms with Gasteiger partial charge in [0, 0.05) is 48.2 Å². The lowest BCUT2D eigenvalue weighted by atomic mass is 10.1. The molecule has 0 saturated carbocycles. The highest BCUT2D eigenvalue weighted by Gasteiger charge is 2.36. The molecule has 1 atom stereocenters. The number of carbonyl (C=O) groups excluding carboxylic acids is 3. The Kier molecular flexibility index (Phi) is 6.82. The zero-order valence-electron chi connectivity index (χ0n) is 19.5. The topological polar surface area (TPSA) is 116 Å². The smallest absolute Gasteiger partial charge is 0.269 e. The summed E-state index contributed by atoms with van der Waals surface area (Å²) in [5.41, 5.74) is 7.26. The Morgan fingerprint density at radius 1 is 0.892 bits per heavy atom. The lowest BCUT2D eigenvalue weighted by molar-refractivity contribution is 0.0641. The Balaban J connectivity index is 1.26. The summed E-state index contributed by atoms with van der Waals surface area (Å²) >= 11 is 5.41. The number of amides is 3. The predicted molar refractivity (Wildman–Crippen MR) is 142 cm³/mol. The van der Waals surface area contributed by atoms with Gasteiger partial charge in [-0.15, -0.1) is 0 Å². The van der Waals surface area contributed by atoms with Crippen molar-refractivity contribution in [2.75, 3.05) is 6.54 Å². The second kappa shape index (κ2) is 10.5. The highest BCUT2D eigenvalue weighted by molar-refractivity contribution is 7.80. The van der Waals surface area contributed by atoms with Crippen LogP contribution < -0.4 is 16.2 Å². The molecule has 0 bridgehead atoms. The average Bonchev–Trinajstić information content (AvgIpc) is 3.17. The Hall–Kier alpha value is -4.70. The van der Waals surface area contributed by atoms with E-state index in [4.69, 9.17) is 12.2 Å². The number of carbonyl (C=O) groups is 3. The van der Waals surface area contributed by atoms with Crippen LogP contribution in [0.25, 0.3) is 10.8 Å². The molecule has 184 valence electrons. The fraction of sp³-hybridized carbons (Fsp3) is 0.111. The molecular weight excluding hydrogens is 488 g/mol. The number of nitrogens with zero attached hydrogens (tertiary/aromatic N) is 3. The number of pyridine rings is 2. The highest BCUT2D eigenvalue weighted by atomic mass is 32.1. The van der Waals surface area contributed by atoms with Crippen molar-refractivity contribution in [3.8, 4) is 0 Å². The van der Waals surface area contributed by atoms with Crippen molar-refractivity contribution in [1.82, 2.24) is 31.0 Å². The Morgan fingerprint density at radius 2 is 1.65 bits per heavy atom. The summed E-state index contributed by atoms with van der Waals surface area (Å²) in [4.78, 5) is 48.1. The van der Waals surface area contributed by atoms with Gasteiger partial charge in [0.15, 0.2) is 5.11 Å². The van der Waals surface area contributed by atoms with Gasteiger partial charge in [-0.05, 0) is 60.1 Å². The molecular formula is C27H22N6O3S. The van der Waals surface area contributed by atoms with Crippen LogP contribution in [0.4, 0.5) is 0 Å². The van der Waals surface area contributed by atoms with E-state index >= 15 is 0 Å². The van der Waals surface area contributed by atoms with Gasteiger partial charge in [-0.2, -0.15) is 0 Å². The zero-order chi connectivity index (χ0) is 25.8. The van der Waals surface area contributed by atoms with Gasteiger partial charge in [0.05, 0.1) is 17.2 Å². The zero-order valence-corrected chi connectivity index (χ0v) is 20.4. The largest absolute Gasteiger partial charge is 0.356 e. The van der Waals surface area contributed by atoms with Crippen molar-refractivity contribution < 1.29 is 14.4 Å². The molecule has 0 saturated heterocycles. The fourth-order valence-electron chi connectivity index (χ4n) is 4.19. The number of fused-ring (bicyclic) bond motifs is 2. The summed E-state index contributed by atoms with van der Waals surface area (Å²) in [7, 11) is 0. The SMILES string of the molecule is O=C(NNC(=S)N[C@H](Cc1ccccn1)CN1C(=O)c2ccccc2C1=O)c1ccc2cnccc2c1. The maximum atomic E-state index is 12.9. The first kappa shape index (κ1) is 24.0. The molecule has 0 radical (unpaired) electrons. The summed E-state index contributed by atoms with van der Waals surface area (Å²) in [5.74, 6) is -1.08. The Morgan fingerprint density at radius 3 is 2.38 bits per heavy atom. The van der Waals surface area contributed by atoms with Crippen molar-refractivity contribution in [3.63, 3.8) is 0 Å². The molecule has 5 rings (SSSR count). The van der Waals surface area contributed by atoms with Crippen LogP contribution in [0.3, 0.4) is 0 Å². The number of hydrogen-bond acceptors (Lipinski definition) is 6. The minimum atomic E-state index is -0.456. The van der Waals surface area contributed by atoms with Gasteiger partial charge in [-0.25, -0.2) is 0 Å². The van der Waals surface area contributed by atoms with Gasteiger partial charge in [0.1, 0.15) is 0 Å². The number of aromatic nitrogens is 2. The van der Waals surface area contributed by atoms with E-state index in [9.17, 15) is 14.4 Å². The maximum Gasteiger partial charge on any atom is 0.269 e. The standard InChI is InChI=1S/C27H22N6O3S/c34-24(18-8-9-19-15-28-12-10-17(19)13-18)31-32-27(37)30-21(14-20-5-3-4-11-29-20)16-33-25(35)22-6-1-2-7-23(22)26(33)36/h1-13,15,21H,14,16H2,(H,31,34)(H2,30,32,37)/t21-/m1/s1. The molecule has 0 fully saturated rings. The molecule has 3 heterocycles. The third-order valence-corrected chi connectivity index (χ3v) is 6.21. The van der Waals surface area contributed by atoms with Crippen LogP contribution in [0.5, 0.6) is 0 Å². The number of imide groups is 1. The number of hydrazine groups is 1. The molecule has 3 amide bonds. The van der Waals surface area contributed by atoms with Crippen LogP contribution in [0, 0.1) is 0 Å². The number of nitrogens with one attached hydrogen (secondary N) is 3. The monoisotopic (exact) mass is 510 g/mol. The summed E-state index contributed by atoms with van der Waals surface area (Å²) in [5, 5.41) is 5.06. The number of rotatable bonds is 6. The molecule has 4 aromatic rings. The van der Waals surface area contributed by atoms with E-state index in [-0.39, 0.29) is 29.4 Å². The summed E-state index contributed by atoms with van der Waals surface area (Å²) in [6.45, 7) is 0.0669. The Bertz CT molecular complexity index is 1480. The molecule has 0 unspecified atom stereocenters. The average molecular weight is 511 g/mol. The van der Waals surface area contributed by atoms with E-state index in [1.807, 2.05) is 24.3 Å². The minimum Gasteiger partial charge on any atom is -0.356 e. The number of benzene rings is 2. The van der Waals surface area contributed by atoms with Crippen LogP contribution in [0.2, 0.25) is 0 Å². The molecule has 1 aliphatic rings. The van der Waals surface area contributed by atoms with Crippen molar-refractivity contribution in [2.45, 2.75) is 12.5 Å². The highest BCUT2D eigenvalue weighted by Crippen LogP contribution is 2.23. The Labute approximate surface area is 217 Å². The maximum absolute atomic E-state index is 12.9. The first-order valence-corrected chi connectivity index (χ1v) is 12.0. The number of hydrogen-bond donors (Lipinski definition) is 3. The quantitative estimate of drug-likeness (QED) is 0.206. The molecule has 2 aromatic carbocycles. The molecule has 0 spiro atoms. The van der Waals surface area contributed by atoms with E-state index in [1.165, 1.54) is 4.90 Å². The third-order valence-electron chi connectivity index (χ3n) is 5.99. The summed E-state index contributed by atoms with van der Waals surface area (Å²) in [6, 6.07) is 18.9. The van der Waals surface area contributed by atoms with Crippen LogP contribution in [-0.2, 0) is 6.42 Å². The van der Waals surface area contributed by atoms with Gasteiger partial charge in [0.25, 0.3) is 17.7 Å². The van der Waals surface area contributed by atoms with E-state index < -0.39 is 6.04 Å². The first-order valence-electron chi connectivity index (χ1n) is 11.6. The van der Waals surface area contributed by atoms with Crippen LogP contribution in [0.15, 0.2) is 85.3 Å². The molecule has 9 nitrogen and oxygen atoms in total. The van der Waals surface area contributed by atoms with Crippen LogP contribution in [0.1, 0.15) is 36.8 Å². The molecule has 1 aliphatic heterocycles. The summed E-state index contributed by atoms with van der Waals surface area (Å²) in [6.07, 6.45) is 5.45. The van der Waals surface area contributed by atoms with Crippen molar-refractivity contribution >= 4 is 45.8 Å². The lowest BCUT2D eigenvalue weighted by Crippen LogP contribution is -2.53. The lowest BCUT2D eigenvalue weighted by Gasteiger charge is -2.25. The van der Waals surface area contributed by atoms with Crippen molar-refractivity contribution in [3.05, 3.63) is 108 Å². The van der Waals surface area contributed by atoms with Gasteiger partial charge in [0.2, 0.25) is 0 Å². The number of thiocarbonyl (C=S) groups is 1. The predicted octanol–water partition coefficient (Wildman–Crippen LogP) is 2.65. The molecule has 3 N–H and O–H groups in total. The normalized spacial score (nSPS) is 13.2. The molecule has 37 heavy (non-hydrogen) atoms. The molecule has 10 heteroatoms. The van der Waals surface area contributed by atoms with E-state index in [1.54, 1.807) is 61.1 Å². The minimum absolute atomic E-state index is 0.0669. The van der Waals surface area contributed by atoms with E-state index in [2.05, 4.69) is 26.1 Å². The van der Waals surface area contributed by atoms with Gasteiger partial charge >= 0.3 is 0 Å². The first-order chi connectivity index (χ1) is 18.0. The van der Waals surface area contributed by atoms with Gasteiger partial charge in [-0.3, -0.25) is 40.1 Å². The van der Waals surface area contributed by atoms with Gasteiger partial charge < -0.3 is 5.32 Å². The molecule has 0 aliphatic carbocycles. The second-order valence-electron chi connectivity index (χ2n) is 8.48. The van der Waals surface area contributed by atoms with Crippen molar-refractivity contribution in [1.29, 1.82) is 0 Å². The third kappa shape index (κ3) is 5.29. The molecule has 2 aromatic heterocycles. The van der Waals surface area contributed by atoms with Gasteiger partial charge in [-0.1, -0.05) is 24.3 Å². The van der Waals surface area contributed by atoms with E-state index in [0.29, 0.717) is 23.1 Å². The van der Waals surface area contributed by atoms with E-state index in [0.717, 1.165) is 16.5 Å². The fourth-order valence-corrected chi connectivity index (χ4v) is 4.41. The van der Waals surface area contributed by atoms with Crippen molar-refractivity contribution in [2.24, 2.45) is 0 Å². The summed E-state index contributed by atoms with van der Waals surface area (Å²) < 4.78 is 0. The van der Waals surface area contributed by atoms with Crippen LogP contribution >= 0.6 is 12.2 Å². The second-order valence-corrected chi connectivity index (χ2v) is 8.89.